The average molecular weight is 311 g/mol. The van der Waals surface area contributed by atoms with E-state index < -0.39 is 34.7 Å². The van der Waals surface area contributed by atoms with E-state index in [-0.39, 0.29) is 18.9 Å². The topological polar surface area (TPSA) is 76.1 Å². The Balaban J connectivity index is 2.61. The van der Waals surface area contributed by atoms with E-state index in [9.17, 15) is 14.7 Å². The highest BCUT2D eigenvalue weighted by Crippen LogP contribution is 2.52. The van der Waals surface area contributed by atoms with Gasteiger partial charge in [-0.1, -0.05) is 26.8 Å². The van der Waals surface area contributed by atoms with Crippen LogP contribution in [0.4, 0.5) is 0 Å². The van der Waals surface area contributed by atoms with Gasteiger partial charge < -0.3 is 14.6 Å². The molecule has 4 atom stereocenters. The zero-order valence-electron chi connectivity index (χ0n) is 13.9. The van der Waals surface area contributed by atoms with E-state index >= 15 is 0 Å². The van der Waals surface area contributed by atoms with Crippen molar-refractivity contribution < 1.29 is 24.2 Å². The summed E-state index contributed by atoms with van der Waals surface area (Å²) in [5, 5.41) is 11.1. The molecule has 0 radical (unpaired) electrons. The van der Waals surface area contributed by atoms with Crippen LogP contribution in [0.25, 0.3) is 0 Å². The molecule has 1 N–H and O–H groups in total. The number of ether oxygens (including phenoxy) is 2. The number of esters is 1. The van der Waals surface area contributed by atoms with E-state index in [0.717, 1.165) is 0 Å². The normalized spacial score (nSPS) is 38.1. The van der Waals surface area contributed by atoms with E-state index in [0.29, 0.717) is 0 Å². The molecule has 2 saturated heterocycles. The van der Waals surface area contributed by atoms with Gasteiger partial charge in [0.15, 0.2) is 5.54 Å². The fraction of sp³-hybridized carbons (Fsp3) is 0.750. The van der Waals surface area contributed by atoms with Gasteiger partial charge in [-0.3, -0.25) is 9.69 Å². The smallest absolute Gasteiger partial charge is 0.337 e. The molecular formula is C16H25NO5. The Morgan fingerprint density at radius 3 is 2.64 bits per heavy atom. The molecule has 0 aromatic rings. The number of fused-ring (bicyclic) bond motifs is 1. The molecule has 2 rings (SSSR count). The average Bonchev–Trinajstić information content (AvgIpc) is 2.90. The maximum Gasteiger partial charge on any atom is 0.337 e. The largest absolute Gasteiger partial charge is 0.467 e. The van der Waals surface area contributed by atoms with Crippen molar-refractivity contribution in [2.24, 2.45) is 11.3 Å². The van der Waals surface area contributed by atoms with Crippen LogP contribution < -0.4 is 0 Å². The van der Waals surface area contributed by atoms with E-state index in [4.69, 9.17) is 9.47 Å². The maximum absolute atomic E-state index is 12.9. The Kier molecular flexibility index (Phi) is 3.90. The molecule has 0 aromatic carbocycles. The number of allylic oxidation sites excluding steroid dienone is 1. The number of aliphatic hydroxyl groups is 1. The number of carbonyl (C=O) groups excluding carboxylic acids is 2. The zero-order chi connectivity index (χ0) is 16.9. The van der Waals surface area contributed by atoms with Gasteiger partial charge in [0, 0.05) is 5.41 Å². The number of hydrogen-bond acceptors (Lipinski definition) is 5. The van der Waals surface area contributed by atoms with Crippen LogP contribution >= 0.6 is 0 Å². The second-order valence-electron chi connectivity index (χ2n) is 7.31. The van der Waals surface area contributed by atoms with Crippen molar-refractivity contribution in [1.82, 2.24) is 4.90 Å². The second-order valence-corrected chi connectivity index (χ2v) is 7.31. The summed E-state index contributed by atoms with van der Waals surface area (Å²) in [5.41, 5.74) is -3.50. The molecule has 2 fully saturated rings. The predicted molar refractivity (Wildman–Crippen MR) is 79.7 cm³/mol. The number of amides is 1. The summed E-state index contributed by atoms with van der Waals surface area (Å²) in [5.74, 6) is -1.69. The van der Waals surface area contributed by atoms with E-state index in [2.05, 4.69) is 6.58 Å². The van der Waals surface area contributed by atoms with Gasteiger partial charge in [0.05, 0.1) is 19.6 Å². The molecule has 0 unspecified atom stereocenters. The quantitative estimate of drug-likeness (QED) is 0.623. The summed E-state index contributed by atoms with van der Waals surface area (Å²) in [4.78, 5) is 26.8. The van der Waals surface area contributed by atoms with E-state index in [1.807, 2.05) is 20.8 Å². The summed E-state index contributed by atoms with van der Waals surface area (Å²) in [6.45, 7) is 10.8. The summed E-state index contributed by atoms with van der Waals surface area (Å²) in [6, 6.07) is 0. The molecule has 1 amide bonds. The minimum Gasteiger partial charge on any atom is -0.467 e. The third-order valence-electron chi connectivity index (χ3n) is 4.81. The van der Waals surface area contributed by atoms with Gasteiger partial charge >= 0.3 is 5.97 Å². The molecule has 124 valence electrons. The van der Waals surface area contributed by atoms with Crippen molar-refractivity contribution in [3.05, 3.63) is 12.7 Å². The summed E-state index contributed by atoms with van der Waals surface area (Å²) >= 11 is 0. The Labute approximate surface area is 131 Å². The molecule has 6 nitrogen and oxygen atoms in total. The molecular weight excluding hydrogens is 286 g/mol. The molecule has 22 heavy (non-hydrogen) atoms. The minimum atomic E-state index is -1.59. The van der Waals surface area contributed by atoms with Crippen molar-refractivity contribution in [3.63, 3.8) is 0 Å². The fourth-order valence-electron chi connectivity index (χ4n) is 3.60. The van der Waals surface area contributed by atoms with Crippen molar-refractivity contribution >= 4 is 11.9 Å². The van der Waals surface area contributed by atoms with Crippen LogP contribution in [-0.4, -0.2) is 53.0 Å². The Hall–Kier alpha value is -1.40. The van der Waals surface area contributed by atoms with Gasteiger partial charge in [0.2, 0.25) is 5.91 Å². The first-order valence-electron chi connectivity index (χ1n) is 7.42. The molecule has 0 saturated carbocycles. The van der Waals surface area contributed by atoms with Gasteiger partial charge in [0.25, 0.3) is 0 Å². The van der Waals surface area contributed by atoms with Crippen LogP contribution in [0.15, 0.2) is 12.7 Å². The Bertz CT molecular complexity index is 507. The second kappa shape index (κ2) is 5.06. The van der Waals surface area contributed by atoms with Crippen LogP contribution in [-0.2, 0) is 19.1 Å². The minimum absolute atomic E-state index is 0.0754. The van der Waals surface area contributed by atoms with Crippen molar-refractivity contribution in [1.29, 1.82) is 0 Å². The highest BCUT2D eigenvalue weighted by molar-refractivity contribution is 5.97. The third-order valence-corrected chi connectivity index (χ3v) is 4.81. The first-order valence-corrected chi connectivity index (χ1v) is 7.42. The van der Waals surface area contributed by atoms with Crippen LogP contribution in [0.5, 0.6) is 0 Å². The Morgan fingerprint density at radius 1 is 1.59 bits per heavy atom. The van der Waals surface area contributed by atoms with Crippen molar-refractivity contribution in [2.45, 2.75) is 51.5 Å². The monoisotopic (exact) mass is 311 g/mol. The molecule has 0 aliphatic carbocycles. The van der Waals surface area contributed by atoms with Gasteiger partial charge in [-0.15, -0.1) is 6.58 Å². The molecule has 0 aromatic heterocycles. The van der Waals surface area contributed by atoms with Crippen molar-refractivity contribution in [2.75, 3.05) is 13.7 Å². The zero-order valence-corrected chi connectivity index (χ0v) is 13.9. The van der Waals surface area contributed by atoms with Gasteiger partial charge in [-0.2, -0.15) is 0 Å². The molecule has 0 spiro atoms. The van der Waals surface area contributed by atoms with Crippen molar-refractivity contribution in [3.8, 4) is 0 Å². The fourth-order valence-corrected chi connectivity index (χ4v) is 3.60. The highest BCUT2D eigenvalue weighted by Gasteiger charge is 2.75. The molecule has 2 aliphatic rings. The van der Waals surface area contributed by atoms with Crippen LogP contribution in [0.1, 0.15) is 34.1 Å². The standard InChI is InChI=1S/C16H25NO5/c1-7-8-10-11(18)17-12(14(2,3)4)22-9-16(17,13(19)21-6)15(10,5)20/h7,10,12,20H,1,8-9H2,2-6H3/t10-,12-,15+,16-/m1/s1. The number of methoxy groups -OCH3 is 1. The lowest BCUT2D eigenvalue weighted by molar-refractivity contribution is -0.167. The van der Waals surface area contributed by atoms with Gasteiger partial charge in [0.1, 0.15) is 11.8 Å². The summed E-state index contributed by atoms with van der Waals surface area (Å²) < 4.78 is 10.7. The summed E-state index contributed by atoms with van der Waals surface area (Å²) in [7, 11) is 1.25. The van der Waals surface area contributed by atoms with Gasteiger partial charge in [-0.25, -0.2) is 4.79 Å². The van der Waals surface area contributed by atoms with Crippen LogP contribution in [0, 0.1) is 11.3 Å². The number of carbonyl (C=O) groups is 2. The lowest BCUT2D eigenvalue weighted by atomic mass is 9.75. The Morgan fingerprint density at radius 2 is 2.18 bits per heavy atom. The SMILES string of the molecule is C=CC[C@@H]1C(=O)N2[C@@H](C(C)(C)C)OC[C@@]2(C(=O)OC)[C@@]1(C)O. The van der Waals surface area contributed by atoms with Crippen LogP contribution in [0.2, 0.25) is 0 Å². The van der Waals surface area contributed by atoms with E-state index in [1.54, 1.807) is 6.08 Å². The van der Waals surface area contributed by atoms with E-state index in [1.165, 1.54) is 18.9 Å². The number of nitrogens with zero attached hydrogens (tertiary/aromatic N) is 1. The lowest BCUT2D eigenvalue weighted by Crippen LogP contribution is -2.64. The lowest BCUT2D eigenvalue weighted by Gasteiger charge is -2.40. The predicted octanol–water partition coefficient (Wildman–Crippen LogP) is 1.09. The maximum atomic E-state index is 12.9. The highest BCUT2D eigenvalue weighted by atomic mass is 16.6. The number of rotatable bonds is 3. The van der Waals surface area contributed by atoms with Gasteiger partial charge in [-0.05, 0) is 13.3 Å². The molecule has 2 aliphatic heterocycles. The number of hydrogen-bond donors (Lipinski definition) is 1. The summed E-state index contributed by atoms with van der Waals surface area (Å²) in [6.07, 6.45) is 1.27. The molecule has 6 heteroatoms. The molecule has 0 bridgehead atoms. The molecule has 2 heterocycles. The third kappa shape index (κ3) is 1.93. The first-order chi connectivity index (χ1) is 10.1. The first kappa shape index (κ1) is 17.0. The van der Waals surface area contributed by atoms with Crippen LogP contribution in [0.3, 0.4) is 0 Å².